The van der Waals surface area contributed by atoms with Crippen LogP contribution < -0.4 is 4.90 Å². The SMILES string of the molecule is COC(=O)c1ccccc1C(=O)N1CCN(c2ccc(-c3noc(C4CCCC4)n3)cn2)CC1. The molecule has 1 amide bonds. The van der Waals surface area contributed by atoms with Crippen molar-refractivity contribution < 1.29 is 18.8 Å². The van der Waals surface area contributed by atoms with Gasteiger partial charge in [-0.1, -0.05) is 30.1 Å². The van der Waals surface area contributed by atoms with Gasteiger partial charge in [-0.15, -0.1) is 0 Å². The first-order valence-corrected chi connectivity index (χ1v) is 11.7. The average Bonchev–Trinajstić information content (AvgIpc) is 3.61. The normalized spacial score (nSPS) is 16.6. The number of hydrogen-bond donors (Lipinski definition) is 0. The molecule has 1 aliphatic carbocycles. The van der Waals surface area contributed by atoms with E-state index in [-0.39, 0.29) is 11.5 Å². The van der Waals surface area contributed by atoms with Gasteiger partial charge in [-0.05, 0) is 37.1 Å². The Balaban J connectivity index is 1.22. The molecule has 3 heterocycles. The Labute approximate surface area is 197 Å². The number of aromatic nitrogens is 3. The number of nitrogens with zero attached hydrogens (tertiary/aromatic N) is 5. The molecule has 2 aromatic heterocycles. The van der Waals surface area contributed by atoms with Gasteiger partial charge in [-0.2, -0.15) is 4.98 Å². The fourth-order valence-corrected chi connectivity index (χ4v) is 4.66. The zero-order valence-electron chi connectivity index (χ0n) is 19.1. The fourth-order valence-electron chi connectivity index (χ4n) is 4.66. The maximum atomic E-state index is 13.0. The van der Waals surface area contributed by atoms with Crippen molar-refractivity contribution in [2.45, 2.75) is 31.6 Å². The molecule has 1 saturated carbocycles. The third-order valence-corrected chi connectivity index (χ3v) is 6.61. The summed E-state index contributed by atoms with van der Waals surface area (Å²) in [5, 5.41) is 4.14. The molecule has 0 radical (unpaired) electrons. The lowest BCUT2D eigenvalue weighted by Gasteiger charge is -2.35. The number of hydrogen-bond acceptors (Lipinski definition) is 8. The van der Waals surface area contributed by atoms with Crippen LogP contribution in [0.5, 0.6) is 0 Å². The van der Waals surface area contributed by atoms with E-state index in [4.69, 9.17) is 9.26 Å². The van der Waals surface area contributed by atoms with Crippen LogP contribution in [0.1, 0.15) is 58.2 Å². The van der Waals surface area contributed by atoms with Gasteiger partial charge in [-0.3, -0.25) is 4.79 Å². The molecule has 9 heteroatoms. The zero-order valence-corrected chi connectivity index (χ0v) is 19.1. The Kier molecular flexibility index (Phi) is 6.24. The number of methoxy groups -OCH3 is 1. The molecule has 5 rings (SSSR count). The summed E-state index contributed by atoms with van der Waals surface area (Å²) in [4.78, 5) is 38.2. The van der Waals surface area contributed by atoms with E-state index in [9.17, 15) is 9.59 Å². The second kappa shape index (κ2) is 9.62. The Bertz CT molecular complexity index is 1160. The summed E-state index contributed by atoms with van der Waals surface area (Å²) in [6, 6.07) is 10.7. The molecule has 1 saturated heterocycles. The van der Waals surface area contributed by atoms with Crippen molar-refractivity contribution in [2.75, 3.05) is 38.2 Å². The van der Waals surface area contributed by atoms with Crippen molar-refractivity contribution in [3.63, 3.8) is 0 Å². The van der Waals surface area contributed by atoms with Crippen LogP contribution >= 0.6 is 0 Å². The van der Waals surface area contributed by atoms with Crippen LogP contribution in [0.25, 0.3) is 11.4 Å². The molecule has 3 aromatic rings. The summed E-state index contributed by atoms with van der Waals surface area (Å²) in [5.41, 5.74) is 1.47. The van der Waals surface area contributed by atoms with E-state index in [1.54, 1.807) is 35.4 Å². The van der Waals surface area contributed by atoms with Crippen LogP contribution in [-0.4, -0.2) is 65.2 Å². The van der Waals surface area contributed by atoms with Gasteiger partial charge in [0.15, 0.2) is 0 Å². The lowest BCUT2D eigenvalue weighted by Crippen LogP contribution is -2.49. The van der Waals surface area contributed by atoms with E-state index in [1.165, 1.54) is 20.0 Å². The van der Waals surface area contributed by atoms with Crippen molar-refractivity contribution in [1.82, 2.24) is 20.0 Å². The average molecular weight is 462 g/mol. The van der Waals surface area contributed by atoms with E-state index in [0.29, 0.717) is 43.5 Å². The van der Waals surface area contributed by atoms with Crippen LogP contribution in [0, 0.1) is 0 Å². The quantitative estimate of drug-likeness (QED) is 0.532. The Hall–Kier alpha value is -3.75. The van der Waals surface area contributed by atoms with Crippen LogP contribution in [0.3, 0.4) is 0 Å². The predicted octanol–water partition coefficient (Wildman–Crippen LogP) is 3.54. The molecule has 0 atom stereocenters. The van der Waals surface area contributed by atoms with E-state index in [1.807, 2.05) is 12.1 Å². The van der Waals surface area contributed by atoms with Crippen molar-refractivity contribution in [3.05, 3.63) is 59.6 Å². The van der Waals surface area contributed by atoms with Gasteiger partial charge in [0, 0.05) is 43.9 Å². The number of anilines is 1. The van der Waals surface area contributed by atoms with Gasteiger partial charge in [-0.25, -0.2) is 9.78 Å². The minimum atomic E-state index is -0.510. The number of carbonyl (C=O) groups is 2. The number of benzene rings is 1. The maximum Gasteiger partial charge on any atom is 0.338 e. The summed E-state index contributed by atoms with van der Waals surface area (Å²) >= 11 is 0. The third kappa shape index (κ3) is 4.37. The third-order valence-electron chi connectivity index (χ3n) is 6.61. The molecule has 1 aromatic carbocycles. The number of amides is 1. The highest BCUT2D eigenvalue weighted by Crippen LogP contribution is 2.34. The van der Waals surface area contributed by atoms with Crippen molar-refractivity contribution >= 4 is 17.7 Å². The lowest BCUT2D eigenvalue weighted by molar-refractivity contribution is 0.0589. The highest BCUT2D eigenvalue weighted by molar-refractivity contribution is 6.05. The van der Waals surface area contributed by atoms with E-state index in [0.717, 1.165) is 30.1 Å². The standard InChI is InChI=1S/C25H27N5O4/c1-33-25(32)20-9-5-4-8-19(20)24(31)30-14-12-29(13-15-30)21-11-10-18(16-26-21)22-27-23(34-28-22)17-6-2-3-7-17/h4-5,8-11,16-17H,2-3,6-7,12-15H2,1H3. The molecule has 176 valence electrons. The van der Waals surface area contributed by atoms with Gasteiger partial charge in [0.25, 0.3) is 5.91 Å². The number of pyridine rings is 1. The number of piperazine rings is 1. The van der Waals surface area contributed by atoms with Crippen molar-refractivity contribution in [2.24, 2.45) is 0 Å². The highest BCUT2D eigenvalue weighted by Gasteiger charge is 2.27. The smallest absolute Gasteiger partial charge is 0.338 e. The van der Waals surface area contributed by atoms with Crippen molar-refractivity contribution in [1.29, 1.82) is 0 Å². The summed E-state index contributed by atoms with van der Waals surface area (Å²) < 4.78 is 10.3. The van der Waals surface area contributed by atoms with Gasteiger partial charge in [0.2, 0.25) is 11.7 Å². The van der Waals surface area contributed by atoms with Crippen LogP contribution in [-0.2, 0) is 4.74 Å². The zero-order chi connectivity index (χ0) is 23.5. The molecule has 9 nitrogen and oxygen atoms in total. The number of ether oxygens (including phenoxy) is 1. The summed E-state index contributed by atoms with van der Waals surface area (Å²) in [7, 11) is 1.31. The van der Waals surface area contributed by atoms with Gasteiger partial charge in [0.1, 0.15) is 5.82 Å². The first-order chi connectivity index (χ1) is 16.6. The number of rotatable bonds is 5. The fraction of sp³-hybridized carbons (Fsp3) is 0.400. The second-order valence-electron chi connectivity index (χ2n) is 8.66. The van der Waals surface area contributed by atoms with Crippen molar-refractivity contribution in [3.8, 4) is 11.4 Å². The lowest BCUT2D eigenvalue weighted by atomic mass is 10.1. The van der Waals surface area contributed by atoms with Crippen LogP contribution in [0.15, 0.2) is 47.1 Å². The van der Waals surface area contributed by atoms with E-state index < -0.39 is 5.97 Å². The predicted molar refractivity (Wildman–Crippen MR) is 125 cm³/mol. The molecule has 0 spiro atoms. The molecule has 1 aliphatic heterocycles. The monoisotopic (exact) mass is 461 g/mol. The Morgan fingerprint density at radius 3 is 2.41 bits per heavy atom. The highest BCUT2D eigenvalue weighted by atomic mass is 16.5. The van der Waals surface area contributed by atoms with E-state index in [2.05, 4.69) is 20.0 Å². The second-order valence-corrected chi connectivity index (χ2v) is 8.66. The molecular formula is C25H27N5O4. The van der Waals surface area contributed by atoms with Gasteiger partial charge >= 0.3 is 5.97 Å². The molecule has 0 bridgehead atoms. The largest absolute Gasteiger partial charge is 0.465 e. The summed E-state index contributed by atoms with van der Waals surface area (Å²) in [6.45, 7) is 2.36. The topological polar surface area (TPSA) is 102 Å². The molecule has 2 aliphatic rings. The number of carbonyl (C=O) groups excluding carboxylic acids is 2. The molecular weight excluding hydrogens is 434 g/mol. The van der Waals surface area contributed by atoms with Crippen LogP contribution in [0.4, 0.5) is 5.82 Å². The molecule has 34 heavy (non-hydrogen) atoms. The molecule has 0 N–H and O–H groups in total. The van der Waals surface area contributed by atoms with Gasteiger partial charge in [0.05, 0.1) is 18.2 Å². The first kappa shape index (κ1) is 22.1. The molecule has 0 unspecified atom stereocenters. The minimum Gasteiger partial charge on any atom is -0.465 e. The van der Waals surface area contributed by atoms with Gasteiger partial charge < -0.3 is 19.1 Å². The molecule has 2 fully saturated rings. The maximum absolute atomic E-state index is 13.0. The van der Waals surface area contributed by atoms with E-state index >= 15 is 0 Å². The minimum absolute atomic E-state index is 0.167. The Morgan fingerprint density at radius 1 is 1.00 bits per heavy atom. The number of esters is 1. The van der Waals surface area contributed by atoms with Crippen LogP contribution in [0.2, 0.25) is 0 Å². The Morgan fingerprint density at radius 2 is 1.74 bits per heavy atom. The summed E-state index contributed by atoms with van der Waals surface area (Å²) in [5.74, 6) is 1.84. The summed E-state index contributed by atoms with van der Waals surface area (Å²) in [6.07, 6.45) is 6.43. The first-order valence-electron chi connectivity index (χ1n) is 11.7.